The zero-order chi connectivity index (χ0) is 17.7. The summed E-state index contributed by atoms with van der Waals surface area (Å²) in [7, 11) is -3.38. The highest BCUT2D eigenvalue weighted by atomic mass is 32.2. The second-order valence-electron chi connectivity index (χ2n) is 5.24. The number of carbonyl (C=O) groups is 2. The molecule has 0 spiro atoms. The van der Waals surface area contributed by atoms with Crippen molar-refractivity contribution >= 4 is 33.0 Å². The number of hydrogen-bond donors (Lipinski definition) is 2. The molecule has 6 nitrogen and oxygen atoms in total. The lowest BCUT2D eigenvalue weighted by Crippen LogP contribution is -2.13. The summed E-state index contributed by atoms with van der Waals surface area (Å²) in [4.78, 5) is 23.8. The van der Waals surface area contributed by atoms with E-state index in [-0.39, 0.29) is 16.4 Å². The lowest BCUT2D eigenvalue weighted by atomic mass is 10.2. The third-order valence-corrected chi connectivity index (χ3v) is 4.36. The minimum atomic E-state index is -3.38. The molecule has 2 amide bonds. The maximum atomic E-state index is 12.3. The Balaban J connectivity index is 2.18. The third kappa shape index (κ3) is 4.66. The summed E-state index contributed by atoms with van der Waals surface area (Å²) in [5.74, 6) is -0.557. The Morgan fingerprint density at radius 1 is 0.958 bits per heavy atom. The minimum absolute atomic E-state index is 0.0825. The van der Waals surface area contributed by atoms with Crippen LogP contribution in [0.5, 0.6) is 0 Å². The molecule has 0 bridgehead atoms. The van der Waals surface area contributed by atoms with Crippen molar-refractivity contribution in [2.24, 2.45) is 0 Å². The number of nitrogens with one attached hydrogen (secondary N) is 2. The first kappa shape index (κ1) is 17.7. The van der Waals surface area contributed by atoms with E-state index in [9.17, 15) is 18.0 Å². The van der Waals surface area contributed by atoms with E-state index in [2.05, 4.69) is 10.6 Å². The van der Waals surface area contributed by atoms with Crippen LogP contribution in [-0.4, -0.2) is 26.5 Å². The van der Waals surface area contributed by atoms with Crippen LogP contribution in [0, 0.1) is 0 Å². The van der Waals surface area contributed by atoms with Crippen molar-refractivity contribution in [1.29, 1.82) is 0 Å². The second-order valence-corrected chi connectivity index (χ2v) is 7.25. The molecule has 0 saturated heterocycles. The highest BCUT2D eigenvalue weighted by molar-refractivity contribution is 7.90. The summed E-state index contributed by atoms with van der Waals surface area (Å²) in [6.07, 6.45) is 1.44. The van der Waals surface area contributed by atoms with Gasteiger partial charge in [-0.15, -0.1) is 0 Å². The van der Waals surface area contributed by atoms with Crippen molar-refractivity contribution in [2.75, 3.05) is 16.9 Å². The van der Waals surface area contributed by atoms with Gasteiger partial charge < -0.3 is 10.6 Å². The maximum Gasteiger partial charge on any atom is 0.255 e. The van der Waals surface area contributed by atoms with Gasteiger partial charge in [0.2, 0.25) is 5.91 Å². The predicted molar refractivity (Wildman–Crippen MR) is 92.9 cm³/mol. The Hall–Kier alpha value is -2.67. The van der Waals surface area contributed by atoms with Crippen molar-refractivity contribution in [3.63, 3.8) is 0 Å². The van der Waals surface area contributed by atoms with Gasteiger partial charge in [0.05, 0.1) is 4.90 Å². The van der Waals surface area contributed by atoms with Gasteiger partial charge in [-0.05, 0) is 36.4 Å². The molecule has 0 unspecified atom stereocenters. The minimum Gasteiger partial charge on any atom is -0.326 e. The number of sulfone groups is 1. The van der Waals surface area contributed by atoms with Gasteiger partial charge in [0.1, 0.15) is 0 Å². The van der Waals surface area contributed by atoms with Crippen LogP contribution in [0.15, 0.2) is 53.4 Å². The summed E-state index contributed by atoms with van der Waals surface area (Å²) in [6.45, 7) is 1.75. The molecule has 126 valence electrons. The van der Waals surface area contributed by atoms with Gasteiger partial charge in [-0.2, -0.15) is 0 Å². The van der Waals surface area contributed by atoms with Gasteiger partial charge >= 0.3 is 0 Å². The molecule has 0 aliphatic rings. The molecule has 0 fully saturated rings. The molecular weight excluding hydrogens is 328 g/mol. The first-order valence-corrected chi connectivity index (χ1v) is 9.20. The maximum absolute atomic E-state index is 12.3. The number of rotatable bonds is 5. The van der Waals surface area contributed by atoms with Crippen LogP contribution in [-0.2, 0) is 14.6 Å². The highest BCUT2D eigenvalue weighted by Gasteiger charge is 2.12. The fraction of sp³-hybridized carbons (Fsp3) is 0.176. The molecule has 7 heteroatoms. The van der Waals surface area contributed by atoms with E-state index in [0.717, 1.165) is 6.26 Å². The lowest BCUT2D eigenvalue weighted by molar-refractivity contribution is -0.115. The number of carbonyl (C=O) groups excluding carboxylic acids is 2. The quantitative estimate of drug-likeness (QED) is 0.870. The van der Waals surface area contributed by atoms with Gasteiger partial charge in [0.25, 0.3) is 5.91 Å². The van der Waals surface area contributed by atoms with E-state index >= 15 is 0 Å². The number of benzene rings is 2. The van der Waals surface area contributed by atoms with Crippen molar-refractivity contribution < 1.29 is 18.0 Å². The van der Waals surface area contributed by atoms with E-state index in [1.807, 2.05) is 0 Å². The average Bonchev–Trinajstić information content (AvgIpc) is 2.54. The predicted octanol–water partition coefficient (Wildman–Crippen LogP) is 2.69. The molecule has 0 aliphatic heterocycles. The van der Waals surface area contributed by atoms with Gasteiger partial charge in [0.15, 0.2) is 9.84 Å². The average molecular weight is 346 g/mol. The van der Waals surface area contributed by atoms with Gasteiger partial charge in [0, 0.05) is 29.6 Å². The fourth-order valence-electron chi connectivity index (χ4n) is 2.00. The third-order valence-electron chi connectivity index (χ3n) is 3.25. The number of anilines is 2. The van der Waals surface area contributed by atoms with E-state index in [1.54, 1.807) is 31.2 Å². The zero-order valence-corrected chi connectivity index (χ0v) is 14.2. The number of amides is 2. The molecular formula is C17H18N2O4S. The van der Waals surface area contributed by atoms with Crippen LogP contribution in [0.4, 0.5) is 11.4 Å². The van der Waals surface area contributed by atoms with Gasteiger partial charge in [-0.1, -0.05) is 19.1 Å². The van der Waals surface area contributed by atoms with Crippen LogP contribution in [0.25, 0.3) is 0 Å². The summed E-state index contributed by atoms with van der Waals surface area (Å²) in [5.41, 5.74) is 1.31. The largest absolute Gasteiger partial charge is 0.326 e. The van der Waals surface area contributed by atoms with Crippen molar-refractivity contribution in [1.82, 2.24) is 0 Å². The van der Waals surface area contributed by atoms with Crippen molar-refractivity contribution in [3.8, 4) is 0 Å². The normalized spacial score (nSPS) is 10.9. The van der Waals surface area contributed by atoms with Crippen LogP contribution in [0.2, 0.25) is 0 Å². The lowest BCUT2D eigenvalue weighted by Gasteiger charge is -2.09. The smallest absolute Gasteiger partial charge is 0.255 e. The zero-order valence-electron chi connectivity index (χ0n) is 13.4. The molecule has 0 atom stereocenters. The van der Waals surface area contributed by atoms with Gasteiger partial charge in [-0.3, -0.25) is 9.59 Å². The topological polar surface area (TPSA) is 92.3 Å². The number of hydrogen-bond acceptors (Lipinski definition) is 4. The summed E-state index contributed by atoms with van der Waals surface area (Å²) >= 11 is 0. The molecule has 0 radical (unpaired) electrons. The molecule has 2 aromatic rings. The Labute approximate surface area is 140 Å². The molecule has 0 aliphatic carbocycles. The Kier molecular flexibility index (Phi) is 5.35. The molecule has 0 heterocycles. The van der Waals surface area contributed by atoms with E-state index in [4.69, 9.17) is 0 Å². The summed E-state index contributed by atoms with van der Waals surface area (Å²) < 4.78 is 23.1. The monoisotopic (exact) mass is 346 g/mol. The van der Waals surface area contributed by atoms with E-state index in [1.165, 1.54) is 24.3 Å². The first-order valence-electron chi connectivity index (χ1n) is 7.31. The molecule has 0 aromatic heterocycles. The van der Waals surface area contributed by atoms with Crippen LogP contribution in [0.1, 0.15) is 23.7 Å². The van der Waals surface area contributed by atoms with Crippen LogP contribution < -0.4 is 10.6 Å². The Morgan fingerprint density at radius 2 is 1.58 bits per heavy atom. The highest BCUT2D eigenvalue weighted by Crippen LogP contribution is 2.17. The molecule has 2 N–H and O–H groups in total. The molecule has 24 heavy (non-hydrogen) atoms. The summed E-state index contributed by atoms with van der Waals surface area (Å²) in [5, 5.41) is 5.39. The van der Waals surface area contributed by atoms with E-state index in [0.29, 0.717) is 17.8 Å². The van der Waals surface area contributed by atoms with Crippen molar-refractivity contribution in [3.05, 3.63) is 54.1 Å². The first-order chi connectivity index (χ1) is 11.3. The fourth-order valence-corrected chi connectivity index (χ4v) is 2.66. The molecule has 0 saturated carbocycles. The van der Waals surface area contributed by atoms with E-state index < -0.39 is 15.7 Å². The van der Waals surface area contributed by atoms with Gasteiger partial charge in [-0.25, -0.2) is 8.42 Å². The Morgan fingerprint density at radius 3 is 2.21 bits per heavy atom. The molecule has 2 aromatic carbocycles. The summed E-state index contributed by atoms with van der Waals surface area (Å²) in [6, 6.07) is 12.5. The Bertz CT molecular complexity index is 876. The standard InChI is InChI=1S/C17H18N2O4S/c1-3-16(20)18-13-7-5-8-14(11-13)19-17(21)12-6-4-9-15(10-12)24(2,22)23/h4-11H,3H2,1-2H3,(H,18,20)(H,19,21). The van der Waals surface area contributed by atoms with Crippen LogP contribution in [0.3, 0.4) is 0 Å². The van der Waals surface area contributed by atoms with Crippen LogP contribution >= 0.6 is 0 Å². The SMILES string of the molecule is CCC(=O)Nc1cccc(NC(=O)c2cccc(S(C)(=O)=O)c2)c1. The second kappa shape index (κ2) is 7.27. The molecule has 2 rings (SSSR count). The van der Waals surface area contributed by atoms with Crippen molar-refractivity contribution in [2.45, 2.75) is 18.2 Å².